The van der Waals surface area contributed by atoms with E-state index in [-0.39, 0.29) is 11.7 Å². The summed E-state index contributed by atoms with van der Waals surface area (Å²) < 4.78 is 12.4. The van der Waals surface area contributed by atoms with E-state index in [1.54, 1.807) is 6.07 Å². The molecule has 0 aliphatic carbocycles. The maximum absolute atomic E-state index is 12.1. The lowest BCUT2D eigenvalue weighted by Gasteiger charge is -2.17. The van der Waals surface area contributed by atoms with Crippen molar-refractivity contribution in [2.45, 2.75) is 32.0 Å². The van der Waals surface area contributed by atoms with Crippen LogP contribution in [0.3, 0.4) is 0 Å². The van der Waals surface area contributed by atoms with Gasteiger partial charge in [-0.3, -0.25) is 4.79 Å². The molecule has 132 valence electrons. The Labute approximate surface area is 164 Å². The minimum Gasteiger partial charge on any atom is -0.490 e. The molecule has 0 saturated heterocycles. The molecule has 0 spiro atoms. The molecule has 25 heavy (non-hydrogen) atoms. The topological polar surface area (TPSA) is 88.0 Å². The Kier molecular flexibility index (Phi) is 6.72. The van der Waals surface area contributed by atoms with Gasteiger partial charge in [0.1, 0.15) is 11.6 Å². The predicted octanol–water partition coefficient (Wildman–Crippen LogP) is 3.82. The number of ether oxygens (including phenoxy) is 2. The smallest absolute Gasteiger partial charge is 0.270 e. The lowest BCUT2D eigenvalue weighted by atomic mass is 10.1. The first-order valence-corrected chi connectivity index (χ1v) is 9.93. The average molecular weight is 471 g/mol. The largest absolute Gasteiger partial charge is 0.490 e. The highest BCUT2D eigenvalue weighted by atomic mass is 127. The second-order valence-electron chi connectivity index (χ2n) is 5.30. The van der Waals surface area contributed by atoms with Gasteiger partial charge in [-0.05, 0) is 61.8 Å². The van der Waals surface area contributed by atoms with Gasteiger partial charge in [0.2, 0.25) is 0 Å². The van der Waals surface area contributed by atoms with Gasteiger partial charge in [0, 0.05) is 5.56 Å². The fraction of sp³-hybridized carbons (Fsp3) is 0.353. The minimum atomic E-state index is -0.452. The fourth-order valence-corrected chi connectivity index (χ4v) is 3.29. The number of aromatic amines is 1. The van der Waals surface area contributed by atoms with Gasteiger partial charge in [0.05, 0.1) is 22.0 Å². The van der Waals surface area contributed by atoms with E-state index < -0.39 is 5.56 Å². The number of halogens is 1. The summed E-state index contributed by atoms with van der Waals surface area (Å²) in [6, 6.07) is 5.54. The highest BCUT2D eigenvalue weighted by Gasteiger charge is 2.19. The second kappa shape index (κ2) is 8.58. The zero-order valence-corrected chi connectivity index (χ0v) is 17.3. The van der Waals surface area contributed by atoms with Crippen LogP contribution in [0.4, 0.5) is 0 Å². The molecule has 0 atom stereocenters. The van der Waals surface area contributed by atoms with E-state index in [9.17, 15) is 10.1 Å². The Balaban J connectivity index is 2.70. The minimum absolute atomic E-state index is 0.00553. The molecular formula is C17H18IN3O3S. The summed E-state index contributed by atoms with van der Waals surface area (Å²) in [5, 5.41) is 9.82. The molecule has 6 nitrogen and oxygen atoms in total. The van der Waals surface area contributed by atoms with Crippen LogP contribution in [0.25, 0.3) is 11.3 Å². The van der Waals surface area contributed by atoms with Crippen LogP contribution in [0.5, 0.6) is 11.5 Å². The number of H-pyrrole nitrogens is 1. The Morgan fingerprint density at radius 1 is 1.44 bits per heavy atom. The quantitative estimate of drug-likeness (QED) is 0.392. The summed E-state index contributed by atoms with van der Waals surface area (Å²) in [5.41, 5.74) is 0.508. The monoisotopic (exact) mass is 471 g/mol. The van der Waals surface area contributed by atoms with Gasteiger partial charge in [-0.1, -0.05) is 11.8 Å². The number of hydrogen-bond donors (Lipinski definition) is 1. The Hall–Kier alpha value is -1.73. The van der Waals surface area contributed by atoms with Crippen LogP contribution in [0.1, 0.15) is 26.3 Å². The van der Waals surface area contributed by atoms with Gasteiger partial charge in [0.15, 0.2) is 16.7 Å². The molecule has 2 rings (SSSR count). The molecule has 0 radical (unpaired) electrons. The van der Waals surface area contributed by atoms with E-state index in [2.05, 4.69) is 32.6 Å². The van der Waals surface area contributed by atoms with Crippen LogP contribution in [0.2, 0.25) is 0 Å². The van der Waals surface area contributed by atoms with Gasteiger partial charge in [-0.15, -0.1) is 0 Å². The van der Waals surface area contributed by atoms with E-state index >= 15 is 0 Å². The van der Waals surface area contributed by atoms with E-state index in [0.29, 0.717) is 34.5 Å². The standard InChI is InChI=1S/C17H18IN3O3S/c1-5-23-13-7-10(6-12(18)15(13)24-9(2)3)14-11(8-19)16(22)21-17(20-14)25-4/h6-7,9H,5H2,1-4H3,(H,20,21,22). The summed E-state index contributed by atoms with van der Waals surface area (Å²) in [6.45, 7) is 6.24. The zero-order chi connectivity index (χ0) is 18.6. The number of nitriles is 1. The van der Waals surface area contributed by atoms with Gasteiger partial charge >= 0.3 is 0 Å². The zero-order valence-electron chi connectivity index (χ0n) is 14.3. The van der Waals surface area contributed by atoms with E-state index in [0.717, 1.165) is 3.57 Å². The first-order chi connectivity index (χ1) is 11.9. The molecule has 0 fully saturated rings. The third-order valence-electron chi connectivity index (χ3n) is 3.14. The third kappa shape index (κ3) is 4.46. The number of nitrogens with one attached hydrogen (secondary N) is 1. The molecule has 1 N–H and O–H groups in total. The van der Waals surface area contributed by atoms with Crippen molar-refractivity contribution in [1.82, 2.24) is 9.97 Å². The molecule has 0 aliphatic heterocycles. The highest BCUT2D eigenvalue weighted by Crippen LogP contribution is 2.38. The van der Waals surface area contributed by atoms with Crippen molar-refractivity contribution in [2.24, 2.45) is 0 Å². The van der Waals surface area contributed by atoms with Gasteiger partial charge in [-0.2, -0.15) is 5.26 Å². The number of aromatic nitrogens is 2. The molecule has 0 aliphatic rings. The number of hydrogen-bond acceptors (Lipinski definition) is 6. The SMILES string of the molecule is CCOc1cc(-c2nc(SC)[nH]c(=O)c2C#N)cc(I)c1OC(C)C. The maximum Gasteiger partial charge on any atom is 0.270 e. The maximum atomic E-state index is 12.1. The molecule has 0 amide bonds. The van der Waals surface area contributed by atoms with Crippen molar-refractivity contribution >= 4 is 34.4 Å². The summed E-state index contributed by atoms with van der Waals surface area (Å²) in [4.78, 5) is 19.1. The number of nitrogens with zero attached hydrogens (tertiary/aromatic N) is 2. The Morgan fingerprint density at radius 2 is 2.16 bits per heavy atom. The average Bonchev–Trinajstić information content (AvgIpc) is 2.56. The Bertz CT molecular complexity index is 875. The van der Waals surface area contributed by atoms with Crippen molar-refractivity contribution in [1.29, 1.82) is 5.26 Å². The fourth-order valence-electron chi connectivity index (χ4n) is 2.18. The molecular weight excluding hydrogens is 453 g/mol. The Morgan fingerprint density at radius 3 is 2.72 bits per heavy atom. The number of benzene rings is 1. The van der Waals surface area contributed by atoms with E-state index in [1.807, 2.05) is 39.2 Å². The summed E-state index contributed by atoms with van der Waals surface area (Å²) >= 11 is 3.46. The van der Waals surface area contributed by atoms with Crippen LogP contribution >= 0.6 is 34.4 Å². The molecule has 1 aromatic carbocycles. The highest BCUT2D eigenvalue weighted by molar-refractivity contribution is 14.1. The molecule has 0 unspecified atom stereocenters. The van der Waals surface area contributed by atoms with Crippen molar-refractivity contribution in [3.8, 4) is 28.8 Å². The van der Waals surface area contributed by atoms with Crippen LogP contribution in [0.15, 0.2) is 22.1 Å². The summed E-state index contributed by atoms with van der Waals surface area (Å²) in [7, 11) is 0. The van der Waals surface area contributed by atoms with Gasteiger partial charge in [-0.25, -0.2) is 4.98 Å². The number of thioether (sulfide) groups is 1. The second-order valence-corrected chi connectivity index (χ2v) is 7.25. The lowest BCUT2D eigenvalue weighted by Crippen LogP contribution is -2.15. The molecule has 8 heteroatoms. The van der Waals surface area contributed by atoms with Crippen molar-refractivity contribution in [3.63, 3.8) is 0 Å². The molecule has 0 bridgehead atoms. The van der Waals surface area contributed by atoms with Crippen LogP contribution < -0.4 is 15.0 Å². The molecule has 0 saturated carbocycles. The van der Waals surface area contributed by atoms with E-state index in [1.165, 1.54) is 11.8 Å². The molecule has 1 aromatic heterocycles. The van der Waals surface area contributed by atoms with Crippen molar-refractivity contribution in [3.05, 3.63) is 31.6 Å². The van der Waals surface area contributed by atoms with Gasteiger partial charge < -0.3 is 14.5 Å². The van der Waals surface area contributed by atoms with Gasteiger partial charge in [0.25, 0.3) is 5.56 Å². The molecule has 1 heterocycles. The first kappa shape index (κ1) is 19.6. The third-order valence-corrected chi connectivity index (χ3v) is 4.52. The van der Waals surface area contributed by atoms with Crippen molar-refractivity contribution < 1.29 is 9.47 Å². The summed E-state index contributed by atoms with van der Waals surface area (Å²) in [5.74, 6) is 1.21. The van der Waals surface area contributed by atoms with Crippen LogP contribution in [-0.4, -0.2) is 28.9 Å². The predicted molar refractivity (Wildman–Crippen MR) is 106 cm³/mol. The lowest BCUT2D eigenvalue weighted by molar-refractivity contribution is 0.222. The summed E-state index contributed by atoms with van der Waals surface area (Å²) in [6.07, 6.45) is 1.80. The van der Waals surface area contributed by atoms with Crippen LogP contribution in [-0.2, 0) is 0 Å². The first-order valence-electron chi connectivity index (χ1n) is 7.63. The molecule has 2 aromatic rings. The number of rotatable bonds is 6. The normalized spacial score (nSPS) is 10.6. The van der Waals surface area contributed by atoms with Crippen molar-refractivity contribution in [2.75, 3.05) is 12.9 Å². The van der Waals surface area contributed by atoms with Crippen LogP contribution in [0, 0.1) is 14.9 Å². The van der Waals surface area contributed by atoms with E-state index in [4.69, 9.17) is 9.47 Å².